The van der Waals surface area contributed by atoms with Gasteiger partial charge in [0.1, 0.15) is 12.4 Å². The normalized spacial score (nSPS) is 11.1. The molecular weight excluding hydrogens is 442 g/mol. The number of hydrogen-bond donors (Lipinski definition) is 0. The second-order valence-electron chi connectivity index (χ2n) is 8.31. The van der Waals surface area contributed by atoms with Gasteiger partial charge in [-0.2, -0.15) is 11.3 Å². The number of aromatic nitrogens is 1. The predicted molar refractivity (Wildman–Crippen MR) is 138 cm³/mol. The van der Waals surface area contributed by atoms with Gasteiger partial charge >= 0.3 is 0 Å². The molecule has 164 valence electrons. The number of rotatable bonds is 8. The standard InChI is InChI=1S/C23H29N3O2S2Si/c1-25(19-11-14-30-17-19)12-13-27-20-8-6-7-18(15-20)26(2)23(29)28-22-10-9-21(16-24-22)31(3,4)5/h6-11,14-17H,12-13H2,1-5H3. The monoisotopic (exact) mass is 471 g/mol. The molecule has 0 unspecified atom stereocenters. The molecule has 1 aromatic carbocycles. The highest BCUT2D eigenvalue weighted by Gasteiger charge is 2.17. The van der Waals surface area contributed by atoms with Crippen molar-refractivity contribution in [1.82, 2.24) is 4.98 Å². The van der Waals surface area contributed by atoms with E-state index in [-0.39, 0.29) is 0 Å². The van der Waals surface area contributed by atoms with E-state index in [2.05, 4.69) is 59.5 Å². The summed E-state index contributed by atoms with van der Waals surface area (Å²) < 4.78 is 11.8. The van der Waals surface area contributed by atoms with Crippen molar-refractivity contribution in [2.24, 2.45) is 0 Å². The number of thiocarbonyl (C=S) groups is 1. The fourth-order valence-electron chi connectivity index (χ4n) is 2.83. The van der Waals surface area contributed by atoms with E-state index in [1.807, 2.05) is 48.5 Å². The summed E-state index contributed by atoms with van der Waals surface area (Å²) in [7, 11) is 2.55. The van der Waals surface area contributed by atoms with Gasteiger partial charge in [0.2, 0.25) is 5.88 Å². The summed E-state index contributed by atoms with van der Waals surface area (Å²) in [5.41, 5.74) is 2.10. The first-order valence-electron chi connectivity index (χ1n) is 10.1. The Morgan fingerprint density at radius 1 is 1.10 bits per heavy atom. The number of anilines is 2. The van der Waals surface area contributed by atoms with Crippen molar-refractivity contribution in [2.45, 2.75) is 19.6 Å². The van der Waals surface area contributed by atoms with E-state index in [1.165, 1.54) is 10.9 Å². The van der Waals surface area contributed by atoms with Crippen molar-refractivity contribution in [1.29, 1.82) is 0 Å². The Morgan fingerprint density at radius 2 is 1.90 bits per heavy atom. The third-order valence-electron chi connectivity index (χ3n) is 4.92. The van der Waals surface area contributed by atoms with E-state index in [1.54, 1.807) is 11.3 Å². The van der Waals surface area contributed by atoms with Gasteiger partial charge in [-0.15, -0.1) is 0 Å². The molecule has 5 nitrogen and oxygen atoms in total. The second kappa shape index (κ2) is 10.3. The van der Waals surface area contributed by atoms with Gasteiger partial charge in [-0.1, -0.05) is 31.8 Å². The molecule has 2 aromatic heterocycles. The molecule has 3 aromatic rings. The summed E-state index contributed by atoms with van der Waals surface area (Å²) in [6.07, 6.45) is 1.89. The zero-order valence-electron chi connectivity index (χ0n) is 18.7. The molecule has 0 aliphatic rings. The molecular formula is C23H29N3O2S2Si. The lowest BCUT2D eigenvalue weighted by Crippen LogP contribution is -2.37. The Bertz CT molecular complexity index is 989. The van der Waals surface area contributed by atoms with Crippen LogP contribution in [0.25, 0.3) is 0 Å². The first kappa shape index (κ1) is 23.2. The van der Waals surface area contributed by atoms with Gasteiger partial charge in [-0.3, -0.25) is 0 Å². The second-order valence-corrected chi connectivity index (χ2v) is 14.5. The number of thiophene rings is 1. The van der Waals surface area contributed by atoms with Gasteiger partial charge < -0.3 is 19.3 Å². The molecule has 3 rings (SSSR count). The first-order valence-corrected chi connectivity index (χ1v) is 15.0. The van der Waals surface area contributed by atoms with E-state index in [9.17, 15) is 0 Å². The van der Waals surface area contributed by atoms with Crippen LogP contribution >= 0.6 is 23.6 Å². The first-order chi connectivity index (χ1) is 14.7. The number of nitrogens with zero attached hydrogens (tertiary/aromatic N) is 3. The van der Waals surface area contributed by atoms with Gasteiger partial charge in [0, 0.05) is 49.2 Å². The van der Waals surface area contributed by atoms with Crippen LogP contribution in [-0.4, -0.2) is 45.5 Å². The van der Waals surface area contributed by atoms with Crippen LogP contribution in [0.5, 0.6) is 11.6 Å². The van der Waals surface area contributed by atoms with Crippen molar-refractivity contribution >= 4 is 53.4 Å². The molecule has 0 radical (unpaired) electrons. The Morgan fingerprint density at radius 3 is 2.55 bits per heavy atom. The van der Waals surface area contributed by atoms with E-state index in [4.69, 9.17) is 21.7 Å². The number of pyridine rings is 1. The highest BCUT2D eigenvalue weighted by molar-refractivity contribution is 7.80. The molecule has 0 atom stereocenters. The molecule has 0 aliphatic heterocycles. The van der Waals surface area contributed by atoms with Gasteiger partial charge in [0.25, 0.3) is 5.17 Å². The van der Waals surface area contributed by atoms with Crippen LogP contribution in [0.2, 0.25) is 19.6 Å². The smallest absolute Gasteiger partial charge is 0.270 e. The van der Waals surface area contributed by atoms with Crippen LogP contribution in [0.4, 0.5) is 11.4 Å². The lowest BCUT2D eigenvalue weighted by Gasteiger charge is -2.21. The van der Waals surface area contributed by atoms with Crippen molar-refractivity contribution in [3.05, 3.63) is 59.4 Å². The van der Waals surface area contributed by atoms with E-state index in [0.29, 0.717) is 17.7 Å². The zero-order chi connectivity index (χ0) is 22.4. The molecule has 0 saturated carbocycles. The number of benzene rings is 1. The molecule has 0 aliphatic carbocycles. The summed E-state index contributed by atoms with van der Waals surface area (Å²) in [4.78, 5) is 8.42. The Balaban J connectivity index is 1.56. The summed E-state index contributed by atoms with van der Waals surface area (Å²) in [5.74, 6) is 1.30. The lowest BCUT2D eigenvalue weighted by atomic mass is 10.3. The lowest BCUT2D eigenvalue weighted by molar-refractivity contribution is 0.326. The molecule has 8 heteroatoms. The minimum atomic E-state index is -1.39. The van der Waals surface area contributed by atoms with E-state index in [0.717, 1.165) is 18.0 Å². The zero-order valence-corrected chi connectivity index (χ0v) is 21.3. The van der Waals surface area contributed by atoms with Crippen molar-refractivity contribution < 1.29 is 9.47 Å². The maximum Gasteiger partial charge on any atom is 0.270 e. The fraction of sp³-hybridized carbons (Fsp3) is 0.304. The average Bonchev–Trinajstić information content (AvgIpc) is 3.28. The largest absolute Gasteiger partial charge is 0.492 e. The summed E-state index contributed by atoms with van der Waals surface area (Å²) >= 11 is 7.18. The third-order valence-corrected chi connectivity index (χ3v) is 7.97. The molecule has 0 amide bonds. The Kier molecular flexibility index (Phi) is 7.69. The Hall–Kier alpha value is -2.42. The molecule has 0 fully saturated rings. The molecule has 31 heavy (non-hydrogen) atoms. The summed E-state index contributed by atoms with van der Waals surface area (Å²) in [5, 5.41) is 5.83. The number of likely N-dealkylation sites (N-methyl/N-ethyl adjacent to an activating group) is 1. The molecule has 0 saturated heterocycles. The fourth-order valence-corrected chi connectivity index (χ4v) is 4.75. The molecule has 2 heterocycles. The van der Waals surface area contributed by atoms with Gasteiger partial charge in [0.15, 0.2) is 0 Å². The highest BCUT2D eigenvalue weighted by Crippen LogP contribution is 2.22. The summed E-state index contributed by atoms with van der Waals surface area (Å²) in [6, 6.07) is 13.9. The van der Waals surface area contributed by atoms with Crippen LogP contribution in [0.15, 0.2) is 59.4 Å². The highest BCUT2D eigenvalue weighted by atomic mass is 32.1. The van der Waals surface area contributed by atoms with Crippen molar-refractivity contribution in [3.8, 4) is 11.6 Å². The van der Waals surface area contributed by atoms with E-state index >= 15 is 0 Å². The van der Waals surface area contributed by atoms with E-state index < -0.39 is 8.07 Å². The Labute approximate surface area is 195 Å². The maximum atomic E-state index is 5.95. The third kappa shape index (κ3) is 6.53. The van der Waals surface area contributed by atoms with Crippen LogP contribution < -0.4 is 24.5 Å². The van der Waals surface area contributed by atoms with Crippen LogP contribution in [0, 0.1) is 0 Å². The number of ether oxygens (including phenoxy) is 2. The van der Waals surface area contributed by atoms with Crippen molar-refractivity contribution in [3.63, 3.8) is 0 Å². The minimum absolute atomic E-state index is 0.336. The van der Waals surface area contributed by atoms with Crippen LogP contribution in [-0.2, 0) is 0 Å². The minimum Gasteiger partial charge on any atom is -0.492 e. The average molecular weight is 472 g/mol. The van der Waals surface area contributed by atoms with Crippen molar-refractivity contribution in [2.75, 3.05) is 37.0 Å². The number of hydrogen-bond acceptors (Lipinski definition) is 6. The summed E-state index contributed by atoms with van der Waals surface area (Å²) in [6.45, 7) is 8.26. The quantitative estimate of drug-likeness (QED) is 0.340. The van der Waals surface area contributed by atoms with Crippen LogP contribution in [0.3, 0.4) is 0 Å². The van der Waals surface area contributed by atoms with Gasteiger partial charge in [-0.05, 0) is 41.0 Å². The molecule has 0 spiro atoms. The molecule has 0 N–H and O–H groups in total. The predicted octanol–water partition coefficient (Wildman–Crippen LogP) is 5.00. The topological polar surface area (TPSA) is 37.8 Å². The molecule has 0 bridgehead atoms. The SMILES string of the molecule is CN(CCOc1cccc(N(C)C(=S)Oc2ccc([Si](C)(C)C)cn2)c1)c1ccsc1. The van der Waals surface area contributed by atoms with Gasteiger partial charge in [0.05, 0.1) is 14.6 Å². The van der Waals surface area contributed by atoms with Crippen LogP contribution in [0.1, 0.15) is 0 Å². The van der Waals surface area contributed by atoms with Gasteiger partial charge in [-0.25, -0.2) is 4.98 Å². The maximum absolute atomic E-state index is 5.95.